The zero-order valence-electron chi connectivity index (χ0n) is 9.05. The van der Waals surface area contributed by atoms with E-state index in [1.807, 2.05) is 0 Å². The second-order valence-corrected chi connectivity index (χ2v) is 4.37. The van der Waals surface area contributed by atoms with Gasteiger partial charge in [-0.2, -0.15) is 0 Å². The molecule has 16 heavy (non-hydrogen) atoms. The number of hydrogen-bond donors (Lipinski definition) is 2. The molecule has 4 heteroatoms. The Hall–Kier alpha value is -1.00. The average Bonchev–Trinajstić information content (AvgIpc) is 2.74. The number of hydrogen-bond acceptors (Lipinski definition) is 2. The number of benzene rings is 1. The van der Waals surface area contributed by atoms with Gasteiger partial charge in [-0.1, -0.05) is 6.07 Å². The standard InChI is InChI=1S/C12H16F2N2/c13-10-2-1-9(6-11(10)14)12(15)5-8-3-4-16-7-8/h1-2,6,8,12,16H,3-5,7,15H2. The van der Waals surface area contributed by atoms with Gasteiger partial charge in [0.2, 0.25) is 0 Å². The van der Waals surface area contributed by atoms with Crippen molar-refractivity contribution >= 4 is 0 Å². The maximum absolute atomic E-state index is 13.0. The predicted octanol–water partition coefficient (Wildman–Crippen LogP) is 1.96. The lowest BCUT2D eigenvalue weighted by Gasteiger charge is -2.16. The lowest BCUT2D eigenvalue weighted by atomic mass is 9.95. The zero-order valence-corrected chi connectivity index (χ0v) is 9.05. The largest absolute Gasteiger partial charge is 0.324 e. The van der Waals surface area contributed by atoms with Gasteiger partial charge >= 0.3 is 0 Å². The van der Waals surface area contributed by atoms with Crippen molar-refractivity contribution in [2.75, 3.05) is 13.1 Å². The van der Waals surface area contributed by atoms with Crippen molar-refractivity contribution in [3.63, 3.8) is 0 Å². The minimum atomic E-state index is -0.822. The van der Waals surface area contributed by atoms with Gasteiger partial charge in [0.1, 0.15) is 0 Å². The Labute approximate surface area is 93.8 Å². The summed E-state index contributed by atoms with van der Waals surface area (Å²) < 4.78 is 25.8. The highest BCUT2D eigenvalue weighted by Gasteiger charge is 2.19. The van der Waals surface area contributed by atoms with Crippen LogP contribution in [0.15, 0.2) is 18.2 Å². The van der Waals surface area contributed by atoms with Crippen LogP contribution in [-0.2, 0) is 0 Å². The second kappa shape index (κ2) is 4.89. The molecule has 0 saturated carbocycles. The van der Waals surface area contributed by atoms with Crippen molar-refractivity contribution in [2.45, 2.75) is 18.9 Å². The molecule has 0 radical (unpaired) electrons. The molecule has 1 fully saturated rings. The molecule has 3 N–H and O–H groups in total. The molecule has 1 aliphatic heterocycles. The molecule has 2 nitrogen and oxygen atoms in total. The molecule has 1 aliphatic rings. The summed E-state index contributed by atoms with van der Waals surface area (Å²) in [4.78, 5) is 0. The van der Waals surface area contributed by atoms with Gasteiger partial charge in [-0.25, -0.2) is 8.78 Å². The van der Waals surface area contributed by atoms with Crippen LogP contribution in [0.2, 0.25) is 0 Å². The second-order valence-electron chi connectivity index (χ2n) is 4.37. The molecule has 0 aliphatic carbocycles. The maximum atomic E-state index is 13.0. The monoisotopic (exact) mass is 226 g/mol. The third-order valence-corrected chi connectivity index (χ3v) is 3.12. The Bertz CT molecular complexity index is 362. The van der Waals surface area contributed by atoms with E-state index in [0.29, 0.717) is 11.5 Å². The average molecular weight is 226 g/mol. The van der Waals surface area contributed by atoms with Gasteiger partial charge in [0.25, 0.3) is 0 Å². The van der Waals surface area contributed by atoms with Crippen LogP contribution in [0, 0.1) is 17.6 Å². The molecule has 1 aromatic carbocycles. The molecule has 2 unspecified atom stereocenters. The Morgan fingerprint density at radius 1 is 1.38 bits per heavy atom. The van der Waals surface area contributed by atoms with Crippen LogP contribution >= 0.6 is 0 Å². The van der Waals surface area contributed by atoms with E-state index < -0.39 is 11.6 Å². The highest BCUT2D eigenvalue weighted by molar-refractivity contribution is 5.21. The first-order chi connectivity index (χ1) is 7.66. The fraction of sp³-hybridized carbons (Fsp3) is 0.500. The van der Waals surface area contributed by atoms with E-state index in [0.717, 1.165) is 32.0 Å². The van der Waals surface area contributed by atoms with Gasteiger partial charge in [0, 0.05) is 6.04 Å². The van der Waals surface area contributed by atoms with Crippen molar-refractivity contribution in [3.05, 3.63) is 35.4 Å². The third-order valence-electron chi connectivity index (χ3n) is 3.12. The Morgan fingerprint density at radius 2 is 2.19 bits per heavy atom. The Morgan fingerprint density at radius 3 is 2.81 bits per heavy atom. The lowest BCUT2D eigenvalue weighted by Crippen LogP contribution is -2.17. The summed E-state index contributed by atoms with van der Waals surface area (Å²) >= 11 is 0. The van der Waals surface area contributed by atoms with Crippen LogP contribution in [-0.4, -0.2) is 13.1 Å². The molecular weight excluding hydrogens is 210 g/mol. The number of halogens is 2. The molecule has 0 aromatic heterocycles. The smallest absolute Gasteiger partial charge is 0.159 e. The van der Waals surface area contributed by atoms with E-state index in [1.54, 1.807) is 6.07 Å². The fourth-order valence-corrected chi connectivity index (χ4v) is 2.15. The minimum absolute atomic E-state index is 0.208. The molecule has 2 atom stereocenters. The normalized spacial score (nSPS) is 22.3. The molecule has 1 saturated heterocycles. The van der Waals surface area contributed by atoms with E-state index in [2.05, 4.69) is 5.32 Å². The van der Waals surface area contributed by atoms with Gasteiger partial charge in [-0.05, 0) is 49.5 Å². The summed E-state index contributed by atoms with van der Waals surface area (Å²) in [5.41, 5.74) is 6.65. The quantitative estimate of drug-likeness (QED) is 0.827. The topological polar surface area (TPSA) is 38.0 Å². The van der Waals surface area contributed by atoms with Crippen molar-refractivity contribution in [2.24, 2.45) is 11.7 Å². The van der Waals surface area contributed by atoms with Crippen molar-refractivity contribution < 1.29 is 8.78 Å². The molecule has 88 valence electrons. The van der Waals surface area contributed by atoms with Crippen LogP contribution in [0.5, 0.6) is 0 Å². The van der Waals surface area contributed by atoms with Crippen LogP contribution in [0.3, 0.4) is 0 Å². The highest BCUT2D eigenvalue weighted by Crippen LogP contribution is 2.23. The predicted molar refractivity (Wildman–Crippen MR) is 58.9 cm³/mol. The molecule has 0 bridgehead atoms. The fourth-order valence-electron chi connectivity index (χ4n) is 2.15. The summed E-state index contributed by atoms with van der Waals surface area (Å²) in [6.07, 6.45) is 1.93. The van der Waals surface area contributed by atoms with E-state index in [1.165, 1.54) is 6.07 Å². The number of nitrogens with two attached hydrogens (primary N) is 1. The molecule has 1 heterocycles. The molecule has 1 aromatic rings. The van der Waals surface area contributed by atoms with E-state index >= 15 is 0 Å². The van der Waals surface area contributed by atoms with E-state index in [9.17, 15) is 8.78 Å². The molecule has 0 amide bonds. The van der Waals surface area contributed by atoms with Crippen molar-refractivity contribution in [1.82, 2.24) is 5.32 Å². The van der Waals surface area contributed by atoms with Crippen LogP contribution < -0.4 is 11.1 Å². The highest BCUT2D eigenvalue weighted by atomic mass is 19.2. The summed E-state index contributed by atoms with van der Waals surface area (Å²) in [6.45, 7) is 1.99. The first-order valence-electron chi connectivity index (χ1n) is 5.58. The first kappa shape index (κ1) is 11.5. The minimum Gasteiger partial charge on any atom is -0.324 e. The summed E-state index contributed by atoms with van der Waals surface area (Å²) in [7, 11) is 0. The van der Waals surface area contributed by atoms with E-state index in [4.69, 9.17) is 5.73 Å². The SMILES string of the molecule is NC(CC1CCNC1)c1ccc(F)c(F)c1. The molecule has 2 rings (SSSR count). The molecular formula is C12H16F2N2. The number of rotatable bonds is 3. The first-order valence-corrected chi connectivity index (χ1v) is 5.58. The van der Waals surface area contributed by atoms with Gasteiger partial charge < -0.3 is 11.1 Å². The van der Waals surface area contributed by atoms with Crippen LogP contribution in [0.25, 0.3) is 0 Å². The van der Waals surface area contributed by atoms with Gasteiger partial charge in [0.05, 0.1) is 0 Å². The van der Waals surface area contributed by atoms with Gasteiger partial charge in [0.15, 0.2) is 11.6 Å². The van der Waals surface area contributed by atoms with Crippen molar-refractivity contribution in [1.29, 1.82) is 0 Å². The van der Waals surface area contributed by atoms with Crippen molar-refractivity contribution in [3.8, 4) is 0 Å². The van der Waals surface area contributed by atoms with Gasteiger partial charge in [-0.15, -0.1) is 0 Å². The third kappa shape index (κ3) is 2.57. The zero-order chi connectivity index (χ0) is 11.5. The maximum Gasteiger partial charge on any atom is 0.159 e. The Kier molecular flexibility index (Phi) is 3.51. The summed E-state index contributed by atoms with van der Waals surface area (Å²) in [5, 5.41) is 3.26. The van der Waals surface area contributed by atoms with E-state index in [-0.39, 0.29) is 6.04 Å². The Balaban J connectivity index is 2.02. The van der Waals surface area contributed by atoms with Crippen LogP contribution in [0.1, 0.15) is 24.4 Å². The summed E-state index contributed by atoms with van der Waals surface area (Å²) in [5.74, 6) is -1.10. The molecule has 0 spiro atoms. The lowest BCUT2D eigenvalue weighted by molar-refractivity contribution is 0.466. The van der Waals surface area contributed by atoms with Gasteiger partial charge in [-0.3, -0.25) is 0 Å². The summed E-state index contributed by atoms with van der Waals surface area (Å²) in [6, 6.07) is 3.69. The van der Waals surface area contributed by atoms with Crippen LogP contribution in [0.4, 0.5) is 8.78 Å². The number of nitrogens with one attached hydrogen (secondary N) is 1.